The van der Waals surface area contributed by atoms with Crippen LogP contribution in [0.4, 0.5) is 11.4 Å². The molecule has 1 aliphatic rings. The molecule has 2 rings (SSSR count). The highest BCUT2D eigenvalue weighted by Gasteiger charge is 2.21. The number of nitrogens with one attached hydrogen (secondary N) is 1. The summed E-state index contributed by atoms with van der Waals surface area (Å²) in [6, 6.07) is 6.00. The Balaban J connectivity index is 2.09. The van der Waals surface area contributed by atoms with Gasteiger partial charge < -0.3 is 5.32 Å². The number of nitro benzene ring substituents is 1. The molecule has 2 unspecified atom stereocenters. The maximum Gasteiger partial charge on any atom is 0.274 e. The van der Waals surface area contributed by atoms with Crippen LogP contribution in [0, 0.1) is 16.0 Å². The Morgan fingerprint density at radius 3 is 2.80 bits per heavy atom. The molecule has 4 heteroatoms. The molecule has 20 heavy (non-hydrogen) atoms. The van der Waals surface area contributed by atoms with Crippen molar-refractivity contribution in [1.29, 1.82) is 0 Å². The van der Waals surface area contributed by atoms with Crippen LogP contribution in [0.1, 0.15) is 51.5 Å². The van der Waals surface area contributed by atoms with Gasteiger partial charge in [0.15, 0.2) is 0 Å². The summed E-state index contributed by atoms with van der Waals surface area (Å²) >= 11 is 0. The first-order valence-corrected chi connectivity index (χ1v) is 7.67. The lowest BCUT2D eigenvalue weighted by Gasteiger charge is -2.29. The lowest BCUT2D eigenvalue weighted by atomic mass is 9.84. The Bertz CT molecular complexity index is 474. The molecule has 0 amide bonds. The van der Waals surface area contributed by atoms with Crippen LogP contribution in [-0.4, -0.2) is 11.0 Å². The Morgan fingerprint density at radius 2 is 2.15 bits per heavy atom. The smallest absolute Gasteiger partial charge is 0.274 e. The van der Waals surface area contributed by atoms with Gasteiger partial charge in [0, 0.05) is 23.4 Å². The van der Waals surface area contributed by atoms with E-state index in [1.807, 2.05) is 19.1 Å². The minimum absolute atomic E-state index is 0.236. The number of anilines is 1. The van der Waals surface area contributed by atoms with Gasteiger partial charge in [0.05, 0.1) is 4.92 Å². The third-order valence-electron chi connectivity index (χ3n) is 4.39. The third-order valence-corrected chi connectivity index (χ3v) is 4.39. The standard InChI is InChI=1S/C16H24N2O2/c1-3-12-6-5-7-14(10-12)17-15-9-8-13(4-2)16(11-15)18(19)20/h8-9,11-12,14,17H,3-7,10H2,1-2H3. The van der Waals surface area contributed by atoms with Crippen molar-refractivity contribution in [2.24, 2.45) is 5.92 Å². The molecule has 0 bridgehead atoms. The van der Waals surface area contributed by atoms with E-state index in [4.69, 9.17) is 0 Å². The molecule has 1 aromatic carbocycles. The molecule has 0 heterocycles. The summed E-state index contributed by atoms with van der Waals surface area (Å²) in [5.74, 6) is 0.797. The number of hydrogen-bond donors (Lipinski definition) is 1. The van der Waals surface area contributed by atoms with Crippen molar-refractivity contribution in [3.05, 3.63) is 33.9 Å². The van der Waals surface area contributed by atoms with E-state index >= 15 is 0 Å². The summed E-state index contributed by atoms with van der Waals surface area (Å²) in [4.78, 5) is 10.8. The molecule has 1 saturated carbocycles. The molecule has 1 aliphatic carbocycles. The molecule has 0 saturated heterocycles. The molecule has 1 aromatic rings. The quantitative estimate of drug-likeness (QED) is 0.634. The number of rotatable bonds is 5. The molecule has 2 atom stereocenters. The van der Waals surface area contributed by atoms with Crippen LogP contribution in [0.3, 0.4) is 0 Å². The second-order valence-corrected chi connectivity index (χ2v) is 5.74. The predicted octanol–water partition coefficient (Wildman–Crippen LogP) is 4.54. The van der Waals surface area contributed by atoms with Gasteiger partial charge in [0.2, 0.25) is 0 Å². The van der Waals surface area contributed by atoms with Crippen molar-refractivity contribution in [1.82, 2.24) is 0 Å². The zero-order valence-corrected chi connectivity index (χ0v) is 12.4. The Labute approximate surface area is 120 Å². The fraction of sp³-hybridized carbons (Fsp3) is 0.625. The number of nitro groups is 1. The fourth-order valence-corrected chi connectivity index (χ4v) is 3.15. The topological polar surface area (TPSA) is 55.2 Å². The predicted molar refractivity (Wildman–Crippen MR) is 82.1 cm³/mol. The average Bonchev–Trinajstić information content (AvgIpc) is 2.47. The van der Waals surface area contributed by atoms with Crippen molar-refractivity contribution in [3.63, 3.8) is 0 Å². The lowest BCUT2D eigenvalue weighted by molar-refractivity contribution is -0.385. The highest BCUT2D eigenvalue weighted by Crippen LogP contribution is 2.30. The lowest BCUT2D eigenvalue weighted by Crippen LogP contribution is -2.27. The first kappa shape index (κ1) is 14.8. The molecule has 0 radical (unpaired) electrons. The molecule has 0 aromatic heterocycles. The van der Waals surface area contributed by atoms with Crippen LogP contribution in [0.15, 0.2) is 18.2 Å². The number of aryl methyl sites for hydroxylation is 1. The molecule has 110 valence electrons. The van der Waals surface area contributed by atoms with E-state index in [2.05, 4.69) is 12.2 Å². The van der Waals surface area contributed by atoms with E-state index < -0.39 is 0 Å². The third kappa shape index (κ3) is 3.50. The first-order chi connectivity index (χ1) is 9.63. The summed E-state index contributed by atoms with van der Waals surface area (Å²) < 4.78 is 0. The minimum Gasteiger partial charge on any atom is -0.382 e. The monoisotopic (exact) mass is 276 g/mol. The van der Waals surface area contributed by atoms with E-state index in [1.54, 1.807) is 6.07 Å². The zero-order valence-electron chi connectivity index (χ0n) is 12.4. The molecular weight excluding hydrogens is 252 g/mol. The molecular formula is C16H24N2O2. The summed E-state index contributed by atoms with van der Waals surface area (Å²) in [6.07, 6.45) is 6.85. The van der Waals surface area contributed by atoms with E-state index in [0.29, 0.717) is 12.5 Å². The van der Waals surface area contributed by atoms with Crippen LogP contribution >= 0.6 is 0 Å². The van der Waals surface area contributed by atoms with E-state index in [-0.39, 0.29) is 10.6 Å². The number of benzene rings is 1. The maximum atomic E-state index is 11.1. The minimum atomic E-state index is -0.278. The van der Waals surface area contributed by atoms with Crippen LogP contribution in [-0.2, 0) is 6.42 Å². The highest BCUT2D eigenvalue weighted by atomic mass is 16.6. The zero-order chi connectivity index (χ0) is 14.5. The Morgan fingerprint density at radius 1 is 1.35 bits per heavy atom. The Kier molecular flexibility index (Phi) is 4.99. The van der Waals surface area contributed by atoms with Gasteiger partial charge in [-0.05, 0) is 31.2 Å². The summed E-state index contributed by atoms with van der Waals surface area (Å²) in [7, 11) is 0. The van der Waals surface area contributed by atoms with Crippen LogP contribution < -0.4 is 5.32 Å². The molecule has 1 N–H and O–H groups in total. The Hall–Kier alpha value is -1.58. The van der Waals surface area contributed by atoms with Crippen LogP contribution in [0.25, 0.3) is 0 Å². The molecule has 0 spiro atoms. The highest BCUT2D eigenvalue weighted by molar-refractivity contribution is 5.55. The van der Waals surface area contributed by atoms with Gasteiger partial charge >= 0.3 is 0 Å². The van der Waals surface area contributed by atoms with Crippen molar-refractivity contribution < 1.29 is 4.92 Å². The largest absolute Gasteiger partial charge is 0.382 e. The molecule has 4 nitrogen and oxygen atoms in total. The van der Waals surface area contributed by atoms with Crippen molar-refractivity contribution in [3.8, 4) is 0 Å². The SMILES string of the molecule is CCc1ccc(NC2CCCC(CC)C2)cc1[N+](=O)[O-]. The number of nitrogens with zero attached hydrogens (tertiary/aromatic N) is 1. The van der Waals surface area contributed by atoms with Crippen LogP contribution in [0.2, 0.25) is 0 Å². The number of hydrogen-bond acceptors (Lipinski definition) is 3. The van der Waals surface area contributed by atoms with Crippen molar-refractivity contribution in [2.75, 3.05) is 5.32 Å². The normalized spacial score (nSPS) is 22.5. The van der Waals surface area contributed by atoms with E-state index in [1.165, 1.54) is 32.1 Å². The first-order valence-electron chi connectivity index (χ1n) is 7.67. The summed E-state index contributed by atoms with van der Waals surface area (Å²) in [6.45, 7) is 4.19. The molecule has 0 aliphatic heterocycles. The molecule has 1 fully saturated rings. The maximum absolute atomic E-state index is 11.1. The second kappa shape index (κ2) is 6.73. The van der Waals surface area contributed by atoms with Gasteiger partial charge in [0.1, 0.15) is 0 Å². The summed E-state index contributed by atoms with van der Waals surface area (Å²) in [5, 5.41) is 14.6. The fourth-order valence-electron chi connectivity index (χ4n) is 3.15. The van der Waals surface area contributed by atoms with E-state index in [0.717, 1.165) is 17.2 Å². The average molecular weight is 276 g/mol. The van der Waals surface area contributed by atoms with Gasteiger partial charge in [0.25, 0.3) is 5.69 Å². The van der Waals surface area contributed by atoms with E-state index in [9.17, 15) is 10.1 Å². The van der Waals surface area contributed by atoms with Crippen molar-refractivity contribution in [2.45, 2.75) is 58.4 Å². The second-order valence-electron chi connectivity index (χ2n) is 5.74. The van der Waals surface area contributed by atoms with Gasteiger partial charge in [-0.1, -0.05) is 39.2 Å². The summed E-state index contributed by atoms with van der Waals surface area (Å²) in [5.41, 5.74) is 1.92. The van der Waals surface area contributed by atoms with Crippen LogP contribution in [0.5, 0.6) is 0 Å². The van der Waals surface area contributed by atoms with Gasteiger partial charge in [-0.2, -0.15) is 0 Å². The van der Waals surface area contributed by atoms with Gasteiger partial charge in [-0.25, -0.2) is 0 Å². The van der Waals surface area contributed by atoms with Gasteiger partial charge in [-0.3, -0.25) is 10.1 Å². The van der Waals surface area contributed by atoms with Gasteiger partial charge in [-0.15, -0.1) is 0 Å². The van der Waals surface area contributed by atoms with Crippen molar-refractivity contribution >= 4 is 11.4 Å².